The van der Waals surface area contributed by atoms with E-state index in [-0.39, 0.29) is 17.0 Å². The van der Waals surface area contributed by atoms with E-state index in [4.69, 9.17) is 9.47 Å². The van der Waals surface area contributed by atoms with E-state index >= 15 is 0 Å². The number of methoxy groups -OCH3 is 2. The molecule has 124 valence electrons. The summed E-state index contributed by atoms with van der Waals surface area (Å²) in [5.74, 6) is -0.459. The third-order valence-corrected chi connectivity index (χ3v) is 4.05. The highest BCUT2D eigenvalue weighted by molar-refractivity contribution is 6.07. The Labute approximate surface area is 139 Å². The van der Waals surface area contributed by atoms with Crippen LogP contribution in [0.2, 0.25) is 0 Å². The number of nitrogens with zero attached hydrogens (tertiary/aromatic N) is 1. The molecule has 0 bridgehead atoms. The molecule has 0 fully saturated rings. The molecule has 0 spiro atoms. The quantitative estimate of drug-likeness (QED) is 0.825. The Bertz CT molecular complexity index is 815. The number of hydrogen-bond acceptors (Lipinski definition) is 5. The molecule has 2 aromatic rings. The minimum absolute atomic E-state index is 0.0627. The molecule has 1 aliphatic rings. The van der Waals surface area contributed by atoms with Gasteiger partial charge in [0.25, 0.3) is 5.91 Å². The van der Waals surface area contributed by atoms with Crippen molar-refractivity contribution in [1.82, 2.24) is 4.90 Å². The summed E-state index contributed by atoms with van der Waals surface area (Å²) in [7, 11) is 3.10. The van der Waals surface area contributed by atoms with Gasteiger partial charge in [-0.1, -0.05) is 24.3 Å². The normalized spacial score (nSPS) is 12.9. The molecule has 3 rings (SSSR count). The van der Waals surface area contributed by atoms with Crippen LogP contribution in [-0.4, -0.2) is 31.0 Å². The Morgan fingerprint density at radius 3 is 2.58 bits per heavy atom. The molecule has 24 heavy (non-hydrogen) atoms. The Balaban J connectivity index is 1.87. The summed E-state index contributed by atoms with van der Waals surface area (Å²) in [6, 6.07) is 10.2. The van der Waals surface area contributed by atoms with Crippen LogP contribution in [0.5, 0.6) is 11.5 Å². The number of ether oxygens (including phenoxy) is 2. The Hall–Kier alpha value is -3.02. The van der Waals surface area contributed by atoms with E-state index in [0.717, 1.165) is 5.56 Å². The van der Waals surface area contributed by atoms with Crippen LogP contribution in [0.25, 0.3) is 0 Å². The number of carbonyl (C=O) groups excluding carboxylic acids is 2. The molecule has 1 aliphatic heterocycles. The van der Waals surface area contributed by atoms with Gasteiger partial charge in [-0.25, -0.2) is 0 Å². The van der Waals surface area contributed by atoms with Crippen LogP contribution in [0.3, 0.4) is 0 Å². The molecule has 6 nitrogen and oxygen atoms in total. The number of rotatable bonds is 5. The van der Waals surface area contributed by atoms with Gasteiger partial charge in [0, 0.05) is 18.7 Å². The second-order valence-electron chi connectivity index (χ2n) is 5.48. The van der Waals surface area contributed by atoms with Gasteiger partial charge in [0.15, 0.2) is 11.5 Å². The molecule has 6 heteroatoms. The van der Waals surface area contributed by atoms with Gasteiger partial charge >= 0.3 is 0 Å². The standard InChI is InChI=1S/C18H17NO5/c1-23-14-7-6-11(8-15(14)24-2)9-19-10-12-4-3-5-13(18(21)22)16(12)17(19)20/h3-8H,9-10H2,1-2H3,(H,21,22)/p-1. The maximum atomic E-state index is 12.6. The van der Waals surface area contributed by atoms with E-state index in [1.165, 1.54) is 6.07 Å². The number of aromatic carboxylic acids is 1. The van der Waals surface area contributed by atoms with E-state index in [0.29, 0.717) is 30.2 Å². The highest BCUT2D eigenvalue weighted by Gasteiger charge is 2.30. The molecule has 0 aliphatic carbocycles. The fourth-order valence-electron chi connectivity index (χ4n) is 2.92. The monoisotopic (exact) mass is 326 g/mol. The number of carboxylic acid groups (broad SMARTS) is 1. The summed E-state index contributed by atoms with van der Waals surface area (Å²) in [5.41, 5.74) is 1.72. The molecule has 0 N–H and O–H groups in total. The number of benzene rings is 2. The fraction of sp³-hybridized carbons (Fsp3) is 0.222. The summed E-state index contributed by atoms with van der Waals surface area (Å²) < 4.78 is 10.5. The SMILES string of the molecule is COc1ccc(CN2Cc3cccc(C(=O)[O-])c3C2=O)cc1OC. The highest BCUT2D eigenvalue weighted by Crippen LogP contribution is 2.31. The molecule has 0 atom stereocenters. The van der Waals surface area contributed by atoms with Crippen LogP contribution in [0.4, 0.5) is 0 Å². The number of carboxylic acids is 1. The van der Waals surface area contributed by atoms with Crippen molar-refractivity contribution in [1.29, 1.82) is 0 Å². The first kappa shape index (κ1) is 15.9. The third kappa shape index (κ3) is 2.67. The van der Waals surface area contributed by atoms with Crippen molar-refractivity contribution in [3.05, 3.63) is 58.7 Å². The molecule has 1 heterocycles. The molecule has 0 aromatic heterocycles. The predicted octanol–water partition coefficient (Wildman–Crippen LogP) is 1.22. The van der Waals surface area contributed by atoms with Gasteiger partial charge in [-0.3, -0.25) is 4.79 Å². The second-order valence-corrected chi connectivity index (χ2v) is 5.48. The summed E-state index contributed by atoms with van der Waals surface area (Å²) in [5, 5.41) is 11.2. The van der Waals surface area contributed by atoms with Crippen LogP contribution >= 0.6 is 0 Å². The average Bonchev–Trinajstić information content (AvgIpc) is 2.90. The maximum Gasteiger partial charge on any atom is 0.255 e. The second kappa shape index (κ2) is 6.23. The lowest BCUT2D eigenvalue weighted by atomic mass is 10.0. The molecule has 0 radical (unpaired) electrons. The van der Waals surface area contributed by atoms with E-state index < -0.39 is 5.97 Å². The van der Waals surface area contributed by atoms with Crippen molar-refractivity contribution in [2.75, 3.05) is 14.2 Å². The molecule has 1 amide bonds. The van der Waals surface area contributed by atoms with Gasteiger partial charge in [0.1, 0.15) is 0 Å². The largest absolute Gasteiger partial charge is 0.545 e. The molecule has 0 saturated heterocycles. The Kier molecular flexibility index (Phi) is 4.12. The van der Waals surface area contributed by atoms with E-state index in [1.807, 2.05) is 6.07 Å². The van der Waals surface area contributed by atoms with Gasteiger partial charge in [-0.2, -0.15) is 0 Å². The number of hydrogen-bond donors (Lipinski definition) is 0. The van der Waals surface area contributed by atoms with E-state index in [2.05, 4.69) is 0 Å². The summed E-state index contributed by atoms with van der Waals surface area (Å²) >= 11 is 0. The topological polar surface area (TPSA) is 78.9 Å². The van der Waals surface area contributed by atoms with Crippen molar-refractivity contribution >= 4 is 11.9 Å². The lowest BCUT2D eigenvalue weighted by Crippen LogP contribution is -2.27. The number of carbonyl (C=O) groups is 2. The predicted molar refractivity (Wildman–Crippen MR) is 83.9 cm³/mol. The lowest BCUT2D eigenvalue weighted by molar-refractivity contribution is -0.255. The number of amides is 1. The van der Waals surface area contributed by atoms with Gasteiger partial charge in [-0.15, -0.1) is 0 Å². The van der Waals surface area contributed by atoms with Crippen LogP contribution in [0, 0.1) is 0 Å². The van der Waals surface area contributed by atoms with Crippen molar-refractivity contribution in [3.63, 3.8) is 0 Å². The minimum Gasteiger partial charge on any atom is -0.545 e. The number of fused-ring (bicyclic) bond motifs is 1. The lowest BCUT2D eigenvalue weighted by Gasteiger charge is -2.17. The Morgan fingerprint density at radius 2 is 1.92 bits per heavy atom. The van der Waals surface area contributed by atoms with Crippen molar-refractivity contribution in [2.45, 2.75) is 13.1 Å². The van der Waals surface area contributed by atoms with Crippen LogP contribution in [0.1, 0.15) is 31.8 Å². The smallest absolute Gasteiger partial charge is 0.255 e. The zero-order valence-corrected chi connectivity index (χ0v) is 13.4. The minimum atomic E-state index is -1.34. The van der Waals surface area contributed by atoms with Crippen LogP contribution < -0.4 is 14.6 Å². The highest BCUT2D eigenvalue weighted by atomic mass is 16.5. The van der Waals surface area contributed by atoms with Gasteiger partial charge in [0.2, 0.25) is 0 Å². The molecular formula is C18H16NO5-. The van der Waals surface area contributed by atoms with E-state index in [1.54, 1.807) is 43.4 Å². The molecular weight excluding hydrogens is 310 g/mol. The zero-order valence-electron chi connectivity index (χ0n) is 13.4. The summed E-state index contributed by atoms with van der Waals surface area (Å²) in [6.45, 7) is 0.712. The maximum absolute atomic E-state index is 12.6. The first-order valence-corrected chi connectivity index (χ1v) is 7.38. The van der Waals surface area contributed by atoms with Crippen LogP contribution in [-0.2, 0) is 13.1 Å². The van der Waals surface area contributed by atoms with Crippen molar-refractivity contribution < 1.29 is 24.2 Å². The average molecular weight is 326 g/mol. The first-order valence-electron chi connectivity index (χ1n) is 7.38. The van der Waals surface area contributed by atoms with Gasteiger partial charge in [-0.05, 0) is 23.3 Å². The van der Waals surface area contributed by atoms with Gasteiger partial charge < -0.3 is 24.3 Å². The molecule has 0 unspecified atom stereocenters. The first-order chi connectivity index (χ1) is 11.5. The van der Waals surface area contributed by atoms with Crippen LogP contribution in [0.15, 0.2) is 36.4 Å². The molecule has 2 aromatic carbocycles. The summed E-state index contributed by atoms with van der Waals surface area (Å²) in [6.07, 6.45) is 0. The zero-order chi connectivity index (χ0) is 17.3. The third-order valence-electron chi connectivity index (χ3n) is 4.05. The van der Waals surface area contributed by atoms with E-state index in [9.17, 15) is 14.7 Å². The van der Waals surface area contributed by atoms with Crippen molar-refractivity contribution in [2.24, 2.45) is 0 Å². The van der Waals surface area contributed by atoms with Crippen molar-refractivity contribution in [3.8, 4) is 11.5 Å². The Morgan fingerprint density at radius 1 is 1.17 bits per heavy atom. The molecule has 0 saturated carbocycles. The summed E-state index contributed by atoms with van der Waals surface area (Å²) in [4.78, 5) is 25.4. The van der Waals surface area contributed by atoms with Gasteiger partial charge in [0.05, 0.1) is 25.8 Å². The fourth-order valence-corrected chi connectivity index (χ4v) is 2.92.